The van der Waals surface area contributed by atoms with Crippen molar-refractivity contribution < 1.29 is 21.6 Å². The van der Waals surface area contributed by atoms with E-state index < -0.39 is 21.8 Å². The van der Waals surface area contributed by atoms with Crippen LogP contribution in [0.5, 0.6) is 0 Å². The van der Waals surface area contributed by atoms with E-state index >= 15 is 0 Å². The second kappa shape index (κ2) is 7.99. The minimum absolute atomic E-state index is 0.0992. The average Bonchev–Trinajstić information content (AvgIpc) is 3.52. The number of sulfonamides is 1. The summed E-state index contributed by atoms with van der Waals surface area (Å²) in [7, 11) is -2.09. The van der Waals surface area contributed by atoms with Gasteiger partial charge in [0.1, 0.15) is 11.7 Å². The molecule has 11 heteroatoms. The Morgan fingerprint density at radius 2 is 1.91 bits per heavy atom. The topological polar surface area (TPSA) is 93.1 Å². The lowest BCUT2D eigenvalue weighted by molar-refractivity contribution is -0.137. The molecule has 5 rings (SSSR count). The minimum atomic E-state index is -4.61. The fraction of sp³-hybridized carbons (Fsp3) is 0.391. The Kier molecular flexibility index (Phi) is 5.33. The molecule has 0 bridgehead atoms. The number of benzene rings is 1. The van der Waals surface area contributed by atoms with Crippen LogP contribution in [0.4, 0.5) is 18.9 Å². The summed E-state index contributed by atoms with van der Waals surface area (Å²) in [6.07, 6.45) is 0.175. The van der Waals surface area contributed by atoms with Gasteiger partial charge in [0.15, 0.2) is 0 Å². The summed E-state index contributed by atoms with van der Waals surface area (Å²) in [6.45, 7) is 0.545. The predicted molar refractivity (Wildman–Crippen MR) is 119 cm³/mol. The van der Waals surface area contributed by atoms with Gasteiger partial charge in [0.2, 0.25) is 10.0 Å². The largest absolute Gasteiger partial charge is 0.416 e. The van der Waals surface area contributed by atoms with Crippen LogP contribution in [0.25, 0.3) is 11.0 Å². The molecule has 1 aliphatic carbocycles. The number of aromatic amines is 1. The number of halogens is 3. The molecule has 0 spiro atoms. The third-order valence-electron chi connectivity index (χ3n) is 7.07. The van der Waals surface area contributed by atoms with Crippen molar-refractivity contribution in [1.82, 2.24) is 14.3 Å². The number of nitrogens with zero attached hydrogens (tertiary/aromatic N) is 4. The highest BCUT2D eigenvalue weighted by Crippen LogP contribution is 2.44. The van der Waals surface area contributed by atoms with Gasteiger partial charge in [0.25, 0.3) is 0 Å². The molecule has 1 saturated carbocycles. The Morgan fingerprint density at radius 3 is 2.56 bits per heavy atom. The van der Waals surface area contributed by atoms with Gasteiger partial charge in [0.05, 0.1) is 21.7 Å². The number of anilines is 1. The van der Waals surface area contributed by atoms with Gasteiger partial charge in [-0.1, -0.05) is 6.07 Å². The first kappa shape index (κ1) is 22.7. The van der Waals surface area contributed by atoms with E-state index in [4.69, 9.17) is 0 Å². The number of alkyl halides is 3. The maximum absolute atomic E-state index is 13.1. The lowest BCUT2D eigenvalue weighted by Gasteiger charge is -2.29. The van der Waals surface area contributed by atoms with Crippen LogP contribution in [0.15, 0.2) is 47.6 Å². The summed E-state index contributed by atoms with van der Waals surface area (Å²) >= 11 is 0. The minimum Gasteiger partial charge on any atom is -0.370 e. The maximum Gasteiger partial charge on any atom is 0.416 e. The zero-order valence-corrected chi connectivity index (χ0v) is 19.1. The number of fused-ring (bicyclic) bond motifs is 2. The summed E-state index contributed by atoms with van der Waals surface area (Å²) in [6, 6.07) is 8.11. The number of nitriles is 1. The van der Waals surface area contributed by atoms with Crippen LogP contribution < -0.4 is 4.90 Å². The number of pyridine rings is 1. The first-order valence-corrected chi connectivity index (χ1v) is 12.3. The lowest BCUT2D eigenvalue weighted by Crippen LogP contribution is -2.34. The van der Waals surface area contributed by atoms with Gasteiger partial charge in [-0.25, -0.2) is 13.4 Å². The molecule has 3 aromatic rings. The summed E-state index contributed by atoms with van der Waals surface area (Å²) < 4.78 is 66.7. The smallest absolute Gasteiger partial charge is 0.370 e. The standard InChI is InChI=1S/C23H22F3N5O2S/c1-30(21-16(10-27)11-29-22-20(21)5-6-28-22)18-7-14-12-31(13-15(14)8-18)34(32,33)19-4-2-3-17(9-19)23(24,25)26/h2-6,9,11,14-15,18H,7-8,12-13H2,1H3,(H,28,29)/t14-,15?,18+/m1/s1. The fourth-order valence-corrected chi connectivity index (χ4v) is 6.96. The highest BCUT2D eigenvalue weighted by Gasteiger charge is 2.46. The number of H-pyrrole nitrogens is 1. The van der Waals surface area contributed by atoms with Crippen LogP contribution in [0.2, 0.25) is 0 Å². The molecule has 1 aliphatic heterocycles. The quantitative estimate of drug-likeness (QED) is 0.598. The Balaban J connectivity index is 1.34. The first-order valence-electron chi connectivity index (χ1n) is 10.9. The molecular formula is C23H22F3N5O2S. The summed E-state index contributed by atoms with van der Waals surface area (Å²) in [4.78, 5) is 9.09. The molecule has 3 atom stereocenters. The van der Waals surface area contributed by atoms with Crippen molar-refractivity contribution in [3.63, 3.8) is 0 Å². The van der Waals surface area contributed by atoms with Crippen LogP contribution in [-0.2, 0) is 16.2 Å². The summed E-state index contributed by atoms with van der Waals surface area (Å²) in [5.41, 5.74) is 0.987. The van der Waals surface area contributed by atoms with E-state index in [0.29, 0.717) is 17.3 Å². The molecule has 2 aliphatic rings. The third-order valence-corrected chi connectivity index (χ3v) is 8.90. The molecule has 1 N–H and O–H groups in total. The molecule has 1 unspecified atom stereocenters. The Bertz CT molecular complexity index is 1380. The van der Waals surface area contributed by atoms with Gasteiger partial charge < -0.3 is 9.88 Å². The van der Waals surface area contributed by atoms with Gasteiger partial charge >= 0.3 is 6.18 Å². The SMILES string of the molecule is CN(c1c(C#N)cnc2[nH]ccc12)[C@@H]1CC2CN(S(=O)(=O)c3cccc(C(F)(F)F)c3)C[C@H]2C1. The zero-order chi connectivity index (χ0) is 24.3. The number of hydrogen-bond donors (Lipinski definition) is 1. The zero-order valence-electron chi connectivity index (χ0n) is 18.2. The van der Waals surface area contributed by atoms with Crippen molar-refractivity contribution in [3.8, 4) is 6.07 Å². The van der Waals surface area contributed by atoms with Crippen molar-refractivity contribution in [1.29, 1.82) is 5.26 Å². The van der Waals surface area contributed by atoms with Crippen LogP contribution in [0, 0.1) is 23.2 Å². The van der Waals surface area contributed by atoms with Gasteiger partial charge in [-0.15, -0.1) is 0 Å². The highest BCUT2D eigenvalue weighted by atomic mass is 32.2. The van der Waals surface area contributed by atoms with E-state index in [1.54, 1.807) is 12.4 Å². The van der Waals surface area contributed by atoms with Crippen LogP contribution >= 0.6 is 0 Å². The Hall–Kier alpha value is -3.10. The highest BCUT2D eigenvalue weighted by molar-refractivity contribution is 7.89. The number of rotatable bonds is 4. The third kappa shape index (κ3) is 3.71. The Labute approximate surface area is 194 Å². The van der Waals surface area contributed by atoms with E-state index in [1.165, 1.54) is 10.4 Å². The van der Waals surface area contributed by atoms with Gasteiger partial charge in [0, 0.05) is 44.0 Å². The molecule has 3 heterocycles. The van der Waals surface area contributed by atoms with Gasteiger partial charge in [-0.2, -0.15) is 22.7 Å². The van der Waals surface area contributed by atoms with Crippen molar-refractivity contribution in [2.75, 3.05) is 25.0 Å². The number of nitrogens with one attached hydrogen (secondary N) is 1. The average molecular weight is 490 g/mol. The lowest BCUT2D eigenvalue weighted by atomic mass is 10.0. The van der Waals surface area contributed by atoms with E-state index in [-0.39, 0.29) is 35.9 Å². The van der Waals surface area contributed by atoms with Crippen molar-refractivity contribution >= 4 is 26.7 Å². The molecule has 2 aromatic heterocycles. The van der Waals surface area contributed by atoms with E-state index in [1.807, 2.05) is 13.1 Å². The second-order valence-corrected chi connectivity index (χ2v) is 10.9. The van der Waals surface area contributed by atoms with E-state index in [2.05, 4.69) is 20.9 Å². The molecular weight excluding hydrogens is 467 g/mol. The molecule has 0 amide bonds. The first-order chi connectivity index (χ1) is 16.1. The van der Waals surface area contributed by atoms with Crippen LogP contribution in [0.3, 0.4) is 0 Å². The molecule has 178 valence electrons. The predicted octanol–water partition coefficient (Wildman–Crippen LogP) is 3.99. The molecule has 0 radical (unpaired) electrons. The Morgan fingerprint density at radius 1 is 1.21 bits per heavy atom. The number of aromatic nitrogens is 2. The molecule has 34 heavy (non-hydrogen) atoms. The van der Waals surface area contributed by atoms with Crippen molar-refractivity contribution in [2.24, 2.45) is 11.8 Å². The normalized spacial score (nSPS) is 23.2. The van der Waals surface area contributed by atoms with Gasteiger partial charge in [-0.3, -0.25) is 0 Å². The van der Waals surface area contributed by atoms with Crippen molar-refractivity contribution in [2.45, 2.75) is 30.0 Å². The summed E-state index contributed by atoms with van der Waals surface area (Å²) in [5.74, 6) is 0.198. The molecule has 2 fully saturated rings. The second-order valence-electron chi connectivity index (χ2n) is 8.98. The van der Waals surface area contributed by atoms with E-state index in [0.717, 1.165) is 36.0 Å². The van der Waals surface area contributed by atoms with Crippen molar-refractivity contribution in [3.05, 3.63) is 53.9 Å². The monoisotopic (exact) mass is 489 g/mol. The summed E-state index contributed by atoms with van der Waals surface area (Å²) in [5, 5.41) is 10.5. The molecule has 1 saturated heterocycles. The fourth-order valence-electron chi connectivity index (χ4n) is 5.36. The number of hydrogen-bond acceptors (Lipinski definition) is 5. The van der Waals surface area contributed by atoms with Gasteiger partial charge in [-0.05, 0) is 48.9 Å². The maximum atomic E-state index is 13.1. The molecule has 7 nitrogen and oxygen atoms in total. The van der Waals surface area contributed by atoms with Crippen LogP contribution in [-0.4, -0.2) is 48.9 Å². The molecule has 1 aromatic carbocycles. The van der Waals surface area contributed by atoms with E-state index in [9.17, 15) is 26.9 Å². The van der Waals surface area contributed by atoms with Crippen LogP contribution in [0.1, 0.15) is 24.0 Å².